The summed E-state index contributed by atoms with van der Waals surface area (Å²) in [5, 5.41) is 3.16. The molecule has 0 N–H and O–H groups in total. The van der Waals surface area contributed by atoms with Gasteiger partial charge in [0.15, 0.2) is 0 Å². The van der Waals surface area contributed by atoms with Crippen molar-refractivity contribution < 1.29 is 59.8 Å². The van der Waals surface area contributed by atoms with Crippen molar-refractivity contribution in [2.75, 3.05) is 0 Å². The molecule has 0 radical (unpaired) electrons. The van der Waals surface area contributed by atoms with Gasteiger partial charge in [-0.2, -0.15) is 12.2 Å². The average molecular weight is 553 g/mol. The largest absolute Gasteiger partial charge is 4.00 e. The molecule has 0 aliphatic heterocycles. The quantitative estimate of drug-likeness (QED) is 0.273. The predicted molar refractivity (Wildman–Crippen MR) is 67.7 cm³/mol. The Balaban J connectivity index is 0. The summed E-state index contributed by atoms with van der Waals surface area (Å²) in [6.07, 6.45) is 13.6. The zero-order chi connectivity index (χ0) is 11.1. The van der Waals surface area contributed by atoms with Gasteiger partial charge in [0.05, 0.1) is 0 Å². The van der Waals surface area contributed by atoms with E-state index in [1.807, 2.05) is 0 Å². The topological polar surface area (TPSA) is 0 Å². The standard InChI is InChI=1S/C14H18Si.2BrH.Hf/c1-11-7-5-9-13(11)15(3,4)14-10-6-8-12(14)2;;;/h9-10H,5-6H2,1-4H3;2*1H;/q-2;;;+4/p-2. The van der Waals surface area contributed by atoms with Crippen LogP contribution >= 0.6 is 0 Å². The van der Waals surface area contributed by atoms with Crippen molar-refractivity contribution >= 4 is 8.07 Å². The van der Waals surface area contributed by atoms with Gasteiger partial charge in [-0.3, -0.25) is 12.2 Å². The molecule has 2 aliphatic carbocycles. The summed E-state index contributed by atoms with van der Waals surface area (Å²) in [5.41, 5.74) is 2.76. The summed E-state index contributed by atoms with van der Waals surface area (Å²) >= 11 is 0. The molecule has 0 amide bonds. The molecule has 0 bridgehead atoms. The van der Waals surface area contributed by atoms with Crippen molar-refractivity contribution in [3.63, 3.8) is 0 Å². The second-order valence-corrected chi connectivity index (χ2v) is 9.20. The molecule has 96 valence electrons. The van der Waals surface area contributed by atoms with Gasteiger partial charge in [0.25, 0.3) is 0 Å². The number of hydrogen-bond acceptors (Lipinski definition) is 0. The van der Waals surface area contributed by atoms with E-state index in [4.69, 9.17) is 0 Å². The first-order chi connectivity index (χ1) is 7.03. The van der Waals surface area contributed by atoms with Crippen molar-refractivity contribution in [2.45, 2.75) is 39.8 Å². The molecular formula is C14H18Br2HfSi. The third-order valence-electron chi connectivity index (χ3n) is 3.50. The van der Waals surface area contributed by atoms with Crippen LogP contribution in [0.5, 0.6) is 0 Å². The van der Waals surface area contributed by atoms with Gasteiger partial charge in [-0.15, -0.1) is 12.8 Å². The van der Waals surface area contributed by atoms with E-state index < -0.39 is 8.07 Å². The molecule has 0 spiro atoms. The second-order valence-electron chi connectivity index (χ2n) is 4.87. The molecule has 4 heteroatoms. The van der Waals surface area contributed by atoms with E-state index in [9.17, 15) is 0 Å². The Labute approximate surface area is 152 Å². The molecule has 0 aromatic carbocycles. The molecular weight excluding hydrogens is 535 g/mol. The van der Waals surface area contributed by atoms with Crippen molar-refractivity contribution in [1.29, 1.82) is 0 Å². The maximum absolute atomic E-state index is 3.42. The molecule has 0 unspecified atom stereocenters. The van der Waals surface area contributed by atoms with Crippen molar-refractivity contribution in [3.05, 3.63) is 45.8 Å². The van der Waals surface area contributed by atoms with Crippen LogP contribution in [0.2, 0.25) is 13.1 Å². The molecule has 0 saturated heterocycles. The smallest absolute Gasteiger partial charge is 1.00 e. The van der Waals surface area contributed by atoms with E-state index >= 15 is 0 Å². The minimum absolute atomic E-state index is 0. The zero-order valence-electron chi connectivity index (χ0n) is 11.3. The number of hydrogen-bond donors (Lipinski definition) is 0. The summed E-state index contributed by atoms with van der Waals surface area (Å²) in [4.78, 5) is 0. The molecule has 0 heterocycles. The first-order valence-electron chi connectivity index (χ1n) is 5.60. The Hall–Kier alpha value is 1.01. The number of halogens is 2. The molecule has 2 aliphatic rings. The molecule has 0 fully saturated rings. The molecule has 0 atom stereocenters. The van der Waals surface area contributed by atoms with E-state index in [0.29, 0.717) is 0 Å². The van der Waals surface area contributed by atoms with Crippen LogP contribution in [0.1, 0.15) is 26.7 Å². The van der Waals surface area contributed by atoms with Gasteiger partial charge in [0, 0.05) is 0 Å². The van der Waals surface area contributed by atoms with E-state index in [-0.39, 0.29) is 59.8 Å². The van der Waals surface area contributed by atoms with Gasteiger partial charge in [-0.25, -0.2) is 21.5 Å². The summed E-state index contributed by atoms with van der Waals surface area (Å²) in [7, 11) is -1.44. The van der Waals surface area contributed by atoms with Crippen LogP contribution in [0.4, 0.5) is 0 Å². The second kappa shape index (κ2) is 8.33. The van der Waals surface area contributed by atoms with Crippen LogP contribution in [0, 0.1) is 12.2 Å². The van der Waals surface area contributed by atoms with Crippen LogP contribution in [0.15, 0.2) is 33.7 Å². The van der Waals surface area contributed by atoms with Crippen LogP contribution < -0.4 is 34.0 Å². The third kappa shape index (κ3) is 4.00. The molecule has 0 aromatic heterocycles. The van der Waals surface area contributed by atoms with Gasteiger partial charge in [-0.1, -0.05) is 35.0 Å². The normalized spacial score (nSPS) is 17.6. The van der Waals surface area contributed by atoms with E-state index in [2.05, 4.69) is 51.2 Å². The Morgan fingerprint density at radius 3 is 1.44 bits per heavy atom. The molecule has 18 heavy (non-hydrogen) atoms. The SMILES string of the molecule is CC1=[C-]CC=C1[Si](C)(C)C1=CC[C-]=C1C.[Br-].[Br-].[Hf+4]. The van der Waals surface area contributed by atoms with Crippen LogP contribution in [0.3, 0.4) is 0 Å². The Bertz CT molecular complexity index is 380. The minimum atomic E-state index is -1.44. The Morgan fingerprint density at radius 1 is 0.889 bits per heavy atom. The first-order valence-corrected chi connectivity index (χ1v) is 8.60. The van der Waals surface area contributed by atoms with Crippen molar-refractivity contribution in [1.82, 2.24) is 0 Å². The zero-order valence-corrected chi connectivity index (χ0v) is 19.1. The summed E-state index contributed by atoms with van der Waals surface area (Å²) in [6, 6.07) is 0. The summed E-state index contributed by atoms with van der Waals surface area (Å²) in [5.74, 6) is 0. The molecule has 2 rings (SSSR count). The predicted octanol–water partition coefficient (Wildman–Crippen LogP) is -2.06. The van der Waals surface area contributed by atoms with Gasteiger partial charge >= 0.3 is 25.8 Å². The number of rotatable bonds is 2. The maximum atomic E-state index is 3.42. The van der Waals surface area contributed by atoms with E-state index in [1.165, 1.54) is 11.1 Å². The first kappa shape index (κ1) is 21.3. The summed E-state index contributed by atoms with van der Waals surface area (Å²) in [6.45, 7) is 9.28. The fourth-order valence-corrected chi connectivity index (χ4v) is 6.27. The van der Waals surface area contributed by atoms with Crippen LogP contribution in [-0.2, 0) is 25.8 Å². The third-order valence-corrected chi connectivity index (χ3v) is 7.35. The molecule has 0 saturated carbocycles. The number of allylic oxidation sites excluding steroid dienone is 8. The molecule has 0 aromatic rings. The van der Waals surface area contributed by atoms with Gasteiger partial charge in [-0.05, 0) is 0 Å². The Morgan fingerprint density at radius 2 is 1.22 bits per heavy atom. The maximum Gasteiger partial charge on any atom is 4.00 e. The molecule has 0 nitrogen and oxygen atoms in total. The van der Waals surface area contributed by atoms with Crippen LogP contribution in [0.25, 0.3) is 0 Å². The van der Waals surface area contributed by atoms with Gasteiger partial charge < -0.3 is 34.0 Å². The van der Waals surface area contributed by atoms with Gasteiger partial charge in [0.1, 0.15) is 0 Å². The van der Waals surface area contributed by atoms with Crippen molar-refractivity contribution in [3.8, 4) is 0 Å². The Kier molecular flexibility index (Phi) is 9.86. The summed E-state index contributed by atoms with van der Waals surface area (Å²) < 4.78 is 0. The van der Waals surface area contributed by atoms with Crippen molar-refractivity contribution in [2.24, 2.45) is 0 Å². The minimum Gasteiger partial charge on any atom is -1.00 e. The van der Waals surface area contributed by atoms with Gasteiger partial charge in [0.2, 0.25) is 0 Å². The monoisotopic (exact) mass is 552 g/mol. The van der Waals surface area contributed by atoms with Crippen LogP contribution in [-0.4, -0.2) is 8.07 Å². The fourth-order valence-electron chi connectivity index (χ4n) is 2.70. The van der Waals surface area contributed by atoms with E-state index in [1.54, 1.807) is 10.4 Å². The fraction of sp³-hybridized carbons (Fsp3) is 0.429. The van der Waals surface area contributed by atoms with E-state index in [0.717, 1.165) is 12.8 Å². The average Bonchev–Trinajstić information content (AvgIpc) is 2.73.